The second kappa shape index (κ2) is 8.25. The van der Waals surface area contributed by atoms with E-state index in [-0.39, 0.29) is 5.78 Å². The first-order chi connectivity index (χ1) is 11.5. The zero-order valence-electron chi connectivity index (χ0n) is 14.2. The molecule has 0 radical (unpaired) electrons. The molecule has 24 heavy (non-hydrogen) atoms. The molecule has 1 atom stereocenters. The second-order valence-corrected chi connectivity index (χ2v) is 5.96. The Kier molecular flexibility index (Phi) is 6.07. The number of carbonyl (C=O) groups is 2. The first-order valence-corrected chi connectivity index (χ1v) is 8.05. The molecule has 0 N–H and O–H groups in total. The summed E-state index contributed by atoms with van der Waals surface area (Å²) < 4.78 is 5.17. The van der Waals surface area contributed by atoms with Gasteiger partial charge in [0, 0.05) is 11.6 Å². The highest BCUT2D eigenvalue weighted by Gasteiger charge is 2.17. The summed E-state index contributed by atoms with van der Waals surface area (Å²) >= 11 is 0. The van der Waals surface area contributed by atoms with Crippen LogP contribution in [0.3, 0.4) is 0 Å². The van der Waals surface area contributed by atoms with Crippen molar-refractivity contribution in [2.75, 3.05) is 0 Å². The molecule has 0 aliphatic heterocycles. The SMILES string of the molecule is CC(C)c1ccc(/C=C/C(=O)O[C@H](C)C(=O)c2ccccc2)cc1. The fraction of sp³-hybridized carbons (Fsp3) is 0.238. The molecule has 0 spiro atoms. The van der Waals surface area contributed by atoms with Crippen LogP contribution in [-0.4, -0.2) is 17.9 Å². The fourth-order valence-electron chi connectivity index (χ4n) is 2.26. The van der Waals surface area contributed by atoms with E-state index in [1.165, 1.54) is 11.6 Å². The summed E-state index contributed by atoms with van der Waals surface area (Å²) in [7, 11) is 0. The summed E-state index contributed by atoms with van der Waals surface area (Å²) in [6.07, 6.45) is 2.22. The predicted octanol–water partition coefficient (Wildman–Crippen LogP) is 4.64. The van der Waals surface area contributed by atoms with Crippen LogP contribution < -0.4 is 0 Å². The summed E-state index contributed by atoms with van der Waals surface area (Å²) in [5.74, 6) is -0.267. The average Bonchev–Trinajstić information content (AvgIpc) is 2.60. The van der Waals surface area contributed by atoms with E-state index < -0.39 is 12.1 Å². The molecule has 0 aromatic heterocycles. The van der Waals surface area contributed by atoms with Crippen LogP contribution in [-0.2, 0) is 9.53 Å². The molecule has 0 aliphatic rings. The Morgan fingerprint density at radius 3 is 2.12 bits per heavy atom. The number of hydrogen-bond acceptors (Lipinski definition) is 3. The van der Waals surface area contributed by atoms with Gasteiger partial charge >= 0.3 is 5.97 Å². The maximum Gasteiger partial charge on any atom is 0.331 e. The van der Waals surface area contributed by atoms with Crippen LogP contribution in [0, 0.1) is 0 Å². The summed E-state index contributed by atoms with van der Waals surface area (Å²) in [6.45, 7) is 5.85. The molecule has 2 aromatic rings. The normalized spacial score (nSPS) is 12.3. The first kappa shape index (κ1) is 17.7. The van der Waals surface area contributed by atoms with Gasteiger partial charge in [-0.3, -0.25) is 4.79 Å². The van der Waals surface area contributed by atoms with Gasteiger partial charge < -0.3 is 4.74 Å². The van der Waals surface area contributed by atoms with Crippen molar-refractivity contribution in [3.05, 3.63) is 77.4 Å². The Bertz CT molecular complexity index is 713. The number of benzene rings is 2. The molecule has 2 aromatic carbocycles. The van der Waals surface area contributed by atoms with E-state index in [1.54, 1.807) is 37.3 Å². The van der Waals surface area contributed by atoms with Crippen molar-refractivity contribution in [2.45, 2.75) is 32.8 Å². The molecule has 0 fully saturated rings. The molecule has 0 bridgehead atoms. The van der Waals surface area contributed by atoms with Gasteiger partial charge in [0.25, 0.3) is 0 Å². The van der Waals surface area contributed by atoms with Gasteiger partial charge in [-0.25, -0.2) is 4.79 Å². The molecule has 0 saturated heterocycles. The highest BCUT2D eigenvalue weighted by atomic mass is 16.5. The van der Waals surface area contributed by atoms with Crippen LogP contribution in [0.2, 0.25) is 0 Å². The lowest BCUT2D eigenvalue weighted by Gasteiger charge is -2.10. The summed E-state index contributed by atoms with van der Waals surface area (Å²) in [5, 5.41) is 0. The Hall–Kier alpha value is -2.68. The van der Waals surface area contributed by atoms with E-state index in [2.05, 4.69) is 13.8 Å². The zero-order valence-corrected chi connectivity index (χ0v) is 14.2. The molecule has 0 heterocycles. The largest absolute Gasteiger partial charge is 0.451 e. The molecule has 0 amide bonds. The third-order valence-corrected chi connectivity index (χ3v) is 3.74. The van der Waals surface area contributed by atoms with Crippen molar-refractivity contribution in [1.29, 1.82) is 0 Å². The number of hydrogen-bond donors (Lipinski definition) is 0. The Labute approximate surface area is 143 Å². The van der Waals surface area contributed by atoms with Crippen molar-refractivity contribution in [3.63, 3.8) is 0 Å². The van der Waals surface area contributed by atoms with Crippen LogP contribution in [0.4, 0.5) is 0 Å². The molecule has 0 saturated carbocycles. The molecule has 3 heteroatoms. The number of ether oxygens (including phenoxy) is 1. The van der Waals surface area contributed by atoms with Crippen molar-refractivity contribution >= 4 is 17.8 Å². The monoisotopic (exact) mass is 322 g/mol. The smallest absolute Gasteiger partial charge is 0.331 e. The Balaban J connectivity index is 1.93. The van der Waals surface area contributed by atoms with Crippen molar-refractivity contribution < 1.29 is 14.3 Å². The van der Waals surface area contributed by atoms with Crippen LogP contribution in [0.1, 0.15) is 48.2 Å². The summed E-state index contributed by atoms with van der Waals surface area (Å²) in [4.78, 5) is 24.0. The zero-order chi connectivity index (χ0) is 17.5. The van der Waals surface area contributed by atoms with E-state index in [9.17, 15) is 9.59 Å². The summed E-state index contributed by atoms with van der Waals surface area (Å²) in [6, 6.07) is 16.8. The Morgan fingerprint density at radius 2 is 1.54 bits per heavy atom. The lowest BCUT2D eigenvalue weighted by molar-refractivity contribution is -0.140. The van der Waals surface area contributed by atoms with Crippen molar-refractivity contribution in [1.82, 2.24) is 0 Å². The van der Waals surface area contributed by atoms with Gasteiger partial charge in [0.1, 0.15) is 0 Å². The number of carbonyl (C=O) groups excluding carboxylic acids is 2. The van der Waals surface area contributed by atoms with Crippen LogP contribution in [0.25, 0.3) is 6.08 Å². The molecule has 0 unspecified atom stereocenters. The van der Waals surface area contributed by atoms with Crippen LogP contribution in [0.15, 0.2) is 60.7 Å². The van der Waals surface area contributed by atoms with E-state index in [4.69, 9.17) is 4.74 Å². The van der Waals surface area contributed by atoms with Crippen LogP contribution >= 0.6 is 0 Å². The van der Waals surface area contributed by atoms with Crippen molar-refractivity contribution in [3.8, 4) is 0 Å². The molecule has 2 rings (SSSR count). The van der Waals surface area contributed by atoms with E-state index in [0.29, 0.717) is 11.5 Å². The first-order valence-electron chi connectivity index (χ1n) is 8.05. The highest BCUT2D eigenvalue weighted by molar-refractivity contribution is 6.00. The van der Waals surface area contributed by atoms with Gasteiger partial charge in [-0.05, 0) is 30.0 Å². The van der Waals surface area contributed by atoms with Gasteiger partial charge in [-0.1, -0.05) is 68.4 Å². The lowest BCUT2D eigenvalue weighted by Crippen LogP contribution is -2.23. The maximum absolute atomic E-state index is 12.2. The minimum atomic E-state index is -0.812. The van der Waals surface area contributed by atoms with E-state index >= 15 is 0 Å². The Morgan fingerprint density at radius 1 is 0.917 bits per heavy atom. The molecule has 0 aliphatic carbocycles. The maximum atomic E-state index is 12.2. The van der Waals surface area contributed by atoms with Crippen LogP contribution in [0.5, 0.6) is 0 Å². The number of ketones is 1. The third-order valence-electron chi connectivity index (χ3n) is 3.74. The van der Waals surface area contributed by atoms with Gasteiger partial charge in [0.2, 0.25) is 5.78 Å². The average molecular weight is 322 g/mol. The third kappa shape index (κ3) is 4.92. The second-order valence-electron chi connectivity index (χ2n) is 5.96. The standard InChI is InChI=1S/C21H22O3/c1-15(2)18-12-9-17(10-13-18)11-14-20(22)24-16(3)21(23)19-7-5-4-6-8-19/h4-16H,1-3H3/b14-11+/t16-/m1/s1. The molecule has 124 valence electrons. The van der Waals surface area contributed by atoms with Gasteiger partial charge in [0.15, 0.2) is 6.10 Å². The number of esters is 1. The fourth-order valence-corrected chi connectivity index (χ4v) is 2.26. The van der Waals surface area contributed by atoms with Crippen molar-refractivity contribution in [2.24, 2.45) is 0 Å². The minimum Gasteiger partial charge on any atom is -0.451 e. The predicted molar refractivity (Wildman–Crippen MR) is 95.9 cm³/mol. The molecular formula is C21H22O3. The van der Waals surface area contributed by atoms with E-state index in [1.807, 2.05) is 30.3 Å². The highest BCUT2D eigenvalue weighted by Crippen LogP contribution is 2.15. The molecular weight excluding hydrogens is 300 g/mol. The van der Waals surface area contributed by atoms with Gasteiger partial charge in [0.05, 0.1) is 0 Å². The number of rotatable bonds is 6. The number of Topliss-reactive ketones (excluding diaryl/α,β-unsaturated/α-hetero) is 1. The van der Waals surface area contributed by atoms with E-state index in [0.717, 1.165) is 5.56 Å². The lowest BCUT2D eigenvalue weighted by atomic mass is 10.0. The molecule has 3 nitrogen and oxygen atoms in total. The van der Waals surface area contributed by atoms with Gasteiger partial charge in [-0.15, -0.1) is 0 Å². The van der Waals surface area contributed by atoms with Gasteiger partial charge in [-0.2, -0.15) is 0 Å². The topological polar surface area (TPSA) is 43.4 Å². The minimum absolute atomic E-state index is 0.210. The quantitative estimate of drug-likeness (QED) is 0.442. The summed E-state index contributed by atoms with van der Waals surface area (Å²) in [5.41, 5.74) is 2.70.